The van der Waals surface area contributed by atoms with Crippen molar-refractivity contribution in [3.05, 3.63) is 34.9 Å². The van der Waals surface area contributed by atoms with Gasteiger partial charge in [-0.3, -0.25) is 0 Å². The molecular formula is C14H24N+. The monoisotopic (exact) mass is 206 g/mol. The second-order valence-corrected chi connectivity index (χ2v) is 5.26. The summed E-state index contributed by atoms with van der Waals surface area (Å²) in [6.07, 6.45) is 2.27. The lowest BCUT2D eigenvalue weighted by Crippen LogP contribution is -2.33. The fourth-order valence-corrected chi connectivity index (χ4v) is 1.90. The van der Waals surface area contributed by atoms with E-state index in [9.17, 15) is 0 Å². The summed E-state index contributed by atoms with van der Waals surface area (Å²) in [7, 11) is 6.74. The molecule has 0 atom stereocenters. The van der Waals surface area contributed by atoms with Crippen LogP contribution in [0.2, 0.25) is 0 Å². The van der Waals surface area contributed by atoms with Gasteiger partial charge in [0.1, 0.15) is 6.54 Å². The molecular weight excluding hydrogens is 182 g/mol. The van der Waals surface area contributed by atoms with Crippen LogP contribution in [0, 0.1) is 0 Å². The van der Waals surface area contributed by atoms with Crippen LogP contribution >= 0.6 is 0 Å². The van der Waals surface area contributed by atoms with Gasteiger partial charge in [0.05, 0.1) is 21.1 Å². The lowest BCUT2D eigenvalue weighted by atomic mass is 10.00. The first-order chi connectivity index (χ1) is 6.96. The Balaban J connectivity index is 3.01. The smallest absolute Gasteiger partial charge is 0.104 e. The number of quaternary nitrogens is 1. The van der Waals surface area contributed by atoms with Crippen molar-refractivity contribution in [3.8, 4) is 0 Å². The minimum atomic E-state index is 1.00. The van der Waals surface area contributed by atoms with Crippen LogP contribution in [0.1, 0.15) is 30.5 Å². The summed E-state index contributed by atoms with van der Waals surface area (Å²) in [4.78, 5) is 0. The zero-order valence-electron chi connectivity index (χ0n) is 10.8. The molecule has 15 heavy (non-hydrogen) atoms. The van der Waals surface area contributed by atoms with Crippen LogP contribution in [-0.4, -0.2) is 25.6 Å². The van der Waals surface area contributed by atoms with Crippen molar-refractivity contribution < 1.29 is 4.48 Å². The summed E-state index contributed by atoms with van der Waals surface area (Å²) >= 11 is 0. The Morgan fingerprint density at radius 3 is 2.07 bits per heavy atom. The van der Waals surface area contributed by atoms with E-state index >= 15 is 0 Å². The number of benzene rings is 1. The average molecular weight is 206 g/mol. The first-order valence-corrected chi connectivity index (χ1v) is 5.87. The third-order valence-electron chi connectivity index (χ3n) is 2.70. The average Bonchev–Trinajstić information content (AvgIpc) is 2.15. The van der Waals surface area contributed by atoms with Crippen LogP contribution < -0.4 is 0 Å². The predicted octanol–water partition coefficient (Wildman–Crippen LogP) is 3.02. The lowest BCUT2D eigenvalue weighted by Gasteiger charge is -2.25. The van der Waals surface area contributed by atoms with Crippen LogP contribution in [0.3, 0.4) is 0 Å². The van der Waals surface area contributed by atoms with Crippen molar-refractivity contribution in [3.63, 3.8) is 0 Å². The molecule has 0 heterocycles. The van der Waals surface area contributed by atoms with E-state index in [4.69, 9.17) is 0 Å². The van der Waals surface area contributed by atoms with E-state index in [-0.39, 0.29) is 0 Å². The largest absolute Gasteiger partial charge is 0.327 e. The molecule has 0 radical (unpaired) electrons. The molecule has 0 N–H and O–H groups in total. The van der Waals surface area contributed by atoms with Gasteiger partial charge in [0.15, 0.2) is 0 Å². The molecule has 1 heteroatoms. The second-order valence-electron chi connectivity index (χ2n) is 5.26. The van der Waals surface area contributed by atoms with Gasteiger partial charge in [-0.2, -0.15) is 0 Å². The molecule has 0 aliphatic carbocycles. The van der Waals surface area contributed by atoms with Gasteiger partial charge in [0, 0.05) is 5.56 Å². The van der Waals surface area contributed by atoms with Crippen molar-refractivity contribution in [1.29, 1.82) is 0 Å². The topological polar surface area (TPSA) is 0 Å². The predicted molar refractivity (Wildman–Crippen MR) is 66.9 cm³/mol. The zero-order chi connectivity index (χ0) is 11.5. The summed E-state index contributed by atoms with van der Waals surface area (Å²) in [5.41, 5.74) is 4.47. The second kappa shape index (κ2) is 4.80. The molecule has 0 aliphatic heterocycles. The fraction of sp³-hybridized carbons (Fsp3) is 0.571. The van der Waals surface area contributed by atoms with Crippen LogP contribution in [0.15, 0.2) is 18.2 Å². The van der Waals surface area contributed by atoms with Crippen LogP contribution in [0.4, 0.5) is 0 Å². The fourth-order valence-electron chi connectivity index (χ4n) is 1.90. The minimum absolute atomic E-state index is 1.00. The van der Waals surface area contributed by atoms with Gasteiger partial charge in [0.2, 0.25) is 0 Å². The Labute approximate surface area is 94.3 Å². The van der Waals surface area contributed by atoms with E-state index in [1.54, 1.807) is 0 Å². The maximum absolute atomic E-state index is 2.38. The first-order valence-electron chi connectivity index (χ1n) is 5.87. The molecule has 0 aromatic heterocycles. The van der Waals surface area contributed by atoms with Gasteiger partial charge >= 0.3 is 0 Å². The molecule has 1 aromatic carbocycles. The zero-order valence-corrected chi connectivity index (χ0v) is 10.8. The van der Waals surface area contributed by atoms with Gasteiger partial charge in [-0.15, -0.1) is 0 Å². The van der Waals surface area contributed by atoms with Gasteiger partial charge in [-0.1, -0.05) is 26.0 Å². The Morgan fingerprint density at radius 2 is 1.60 bits per heavy atom. The Bertz CT molecular complexity index is 321. The highest BCUT2D eigenvalue weighted by atomic mass is 15.3. The van der Waals surface area contributed by atoms with Crippen molar-refractivity contribution >= 4 is 0 Å². The quantitative estimate of drug-likeness (QED) is 0.664. The summed E-state index contributed by atoms with van der Waals surface area (Å²) in [6, 6.07) is 6.93. The van der Waals surface area contributed by atoms with Gasteiger partial charge in [0.25, 0.3) is 0 Å². The molecule has 0 spiro atoms. The number of hydrogen-bond acceptors (Lipinski definition) is 0. The van der Waals surface area contributed by atoms with Crippen LogP contribution in [0.5, 0.6) is 0 Å². The standard InChI is InChI=1S/C14H24N/c1-6-12-8-9-13(7-2)14(10-12)11-15(3,4)5/h8-10H,6-7,11H2,1-5H3/q+1. The molecule has 0 bridgehead atoms. The number of rotatable bonds is 4. The van der Waals surface area contributed by atoms with E-state index in [1.807, 2.05) is 0 Å². The van der Waals surface area contributed by atoms with E-state index in [0.717, 1.165) is 23.9 Å². The van der Waals surface area contributed by atoms with Crippen molar-refractivity contribution in [2.24, 2.45) is 0 Å². The molecule has 0 aliphatic rings. The third kappa shape index (κ3) is 3.67. The summed E-state index contributed by atoms with van der Waals surface area (Å²) in [5.74, 6) is 0. The minimum Gasteiger partial charge on any atom is -0.327 e. The Morgan fingerprint density at radius 1 is 0.933 bits per heavy atom. The Hall–Kier alpha value is -0.820. The molecule has 0 unspecified atom stereocenters. The molecule has 0 saturated carbocycles. The van der Waals surface area contributed by atoms with Crippen LogP contribution in [-0.2, 0) is 19.4 Å². The van der Waals surface area contributed by atoms with E-state index < -0.39 is 0 Å². The first kappa shape index (κ1) is 12.3. The molecule has 0 saturated heterocycles. The number of aryl methyl sites for hydroxylation is 2. The highest BCUT2D eigenvalue weighted by Gasteiger charge is 2.11. The molecule has 0 amide bonds. The summed E-state index contributed by atoms with van der Waals surface area (Å²) in [6.45, 7) is 5.58. The summed E-state index contributed by atoms with van der Waals surface area (Å²) < 4.78 is 1.00. The van der Waals surface area contributed by atoms with E-state index in [1.165, 1.54) is 16.7 Å². The SMILES string of the molecule is CCc1ccc(CC)c(C[N+](C)(C)C)c1. The van der Waals surface area contributed by atoms with E-state index in [2.05, 4.69) is 53.2 Å². The van der Waals surface area contributed by atoms with Gasteiger partial charge in [-0.05, 0) is 30.0 Å². The normalized spacial score (nSPS) is 11.8. The maximum atomic E-state index is 2.38. The summed E-state index contributed by atoms with van der Waals surface area (Å²) in [5, 5.41) is 0. The van der Waals surface area contributed by atoms with Crippen LogP contribution in [0.25, 0.3) is 0 Å². The number of nitrogens with zero attached hydrogens (tertiary/aromatic N) is 1. The van der Waals surface area contributed by atoms with Crippen molar-refractivity contribution in [2.75, 3.05) is 21.1 Å². The lowest BCUT2D eigenvalue weighted by molar-refractivity contribution is -0.884. The Kier molecular flexibility index (Phi) is 3.92. The number of hydrogen-bond donors (Lipinski definition) is 0. The van der Waals surface area contributed by atoms with Gasteiger partial charge in [-0.25, -0.2) is 0 Å². The molecule has 84 valence electrons. The molecule has 1 aromatic rings. The molecule has 1 nitrogen and oxygen atoms in total. The highest BCUT2D eigenvalue weighted by Crippen LogP contribution is 2.16. The van der Waals surface area contributed by atoms with Crippen molar-refractivity contribution in [2.45, 2.75) is 33.2 Å². The third-order valence-corrected chi connectivity index (χ3v) is 2.70. The van der Waals surface area contributed by atoms with Gasteiger partial charge < -0.3 is 4.48 Å². The van der Waals surface area contributed by atoms with E-state index in [0.29, 0.717) is 0 Å². The van der Waals surface area contributed by atoms with Crippen molar-refractivity contribution in [1.82, 2.24) is 0 Å². The molecule has 0 fully saturated rings. The highest BCUT2D eigenvalue weighted by molar-refractivity contribution is 5.31. The maximum Gasteiger partial charge on any atom is 0.104 e. The molecule has 1 rings (SSSR count).